The minimum atomic E-state index is -0.253. The van der Waals surface area contributed by atoms with Gasteiger partial charge in [0.25, 0.3) is 0 Å². The fraction of sp³-hybridized carbons (Fsp3) is 0.250. The second kappa shape index (κ2) is 5.44. The maximum Gasteiger partial charge on any atom is 0.146 e. The first-order chi connectivity index (χ1) is 9.67. The van der Waals surface area contributed by atoms with Gasteiger partial charge in [-0.05, 0) is 48.2 Å². The fourth-order valence-electron chi connectivity index (χ4n) is 2.67. The molecular formula is C16H15BrFNO. The van der Waals surface area contributed by atoms with Crippen molar-refractivity contribution < 1.29 is 9.13 Å². The van der Waals surface area contributed by atoms with E-state index in [9.17, 15) is 4.39 Å². The maximum absolute atomic E-state index is 13.9. The van der Waals surface area contributed by atoms with Gasteiger partial charge in [-0.1, -0.05) is 22.0 Å². The summed E-state index contributed by atoms with van der Waals surface area (Å²) in [6.45, 7) is 0. The number of benzene rings is 2. The molecule has 0 amide bonds. The third kappa shape index (κ3) is 2.52. The number of hydrogen-bond acceptors (Lipinski definition) is 2. The van der Waals surface area contributed by atoms with E-state index < -0.39 is 0 Å². The van der Waals surface area contributed by atoms with E-state index in [-0.39, 0.29) is 11.9 Å². The highest BCUT2D eigenvalue weighted by Gasteiger charge is 2.23. The average molecular weight is 336 g/mol. The highest BCUT2D eigenvalue weighted by molar-refractivity contribution is 9.10. The highest BCUT2D eigenvalue weighted by Crippen LogP contribution is 2.36. The van der Waals surface area contributed by atoms with Crippen molar-refractivity contribution in [2.45, 2.75) is 18.9 Å². The number of aryl methyl sites for hydroxylation is 1. The van der Waals surface area contributed by atoms with Crippen LogP contribution in [0.3, 0.4) is 0 Å². The van der Waals surface area contributed by atoms with E-state index in [0.29, 0.717) is 11.4 Å². The number of hydrogen-bond donors (Lipinski definition) is 1. The Labute approximate surface area is 126 Å². The van der Waals surface area contributed by atoms with Gasteiger partial charge in [-0.2, -0.15) is 0 Å². The molecule has 0 radical (unpaired) electrons. The Morgan fingerprint density at radius 2 is 2.10 bits per heavy atom. The number of ether oxygens (including phenoxy) is 1. The van der Waals surface area contributed by atoms with E-state index in [2.05, 4.69) is 33.4 Å². The number of anilines is 1. The van der Waals surface area contributed by atoms with Crippen molar-refractivity contribution in [2.75, 3.05) is 12.4 Å². The molecule has 0 spiro atoms. The monoisotopic (exact) mass is 335 g/mol. The molecule has 104 valence electrons. The first kappa shape index (κ1) is 13.4. The zero-order chi connectivity index (χ0) is 14.1. The van der Waals surface area contributed by atoms with Gasteiger partial charge in [-0.15, -0.1) is 0 Å². The molecule has 0 saturated heterocycles. The first-order valence-electron chi connectivity index (χ1n) is 6.56. The van der Waals surface area contributed by atoms with Crippen LogP contribution in [0.4, 0.5) is 10.1 Å². The number of halogens is 2. The average Bonchev–Trinajstić information content (AvgIpc) is 2.83. The lowest BCUT2D eigenvalue weighted by molar-refractivity contribution is 0.414. The van der Waals surface area contributed by atoms with Crippen LogP contribution >= 0.6 is 15.9 Å². The Hall–Kier alpha value is -1.55. The molecule has 0 fully saturated rings. The second-order valence-corrected chi connectivity index (χ2v) is 5.84. The van der Waals surface area contributed by atoms with Crippen LogP contribution in [0, 0.1) is 5.82 Å². The largest absolute Gasteiger partial charge is 0.497 e. The number of rotatable bonds is 3. The molecule has 0 saturated carbocycles. The zero-order valence-electron chi connectivity index (χ0n) is 11.1. The predicted octanol–water partition coefficient (Wildman–Crippen LogP) is 4.70. The molecule has 1 aliphatic rings. The molecule has 0 aliphatic heterocycles. The Kier molecular flexibility index (Phi) is 3.66. The van der Waals surface area contributed by atoms with E-state index in [4.69, 9.17) is 4.74 Å². The smallest absolute Gasteiger partial charge is 0.146 e. The topological polar surface area (TPSA) is 21.3 Å². The molecule has 1 atom stereocenters. The first-order valence-corrected chi connectivity index (χ1v) is 7.35. The van der Waals surface area contributed by atoms with Crippen LogP contribution < -0.4 is 10.1 Å². The van der Waals surface area contributed by atoms with E-state index >= 15 is 0 Å². The lowest BCUT2D eigenvalue weighted by Gasteiger charge is -2.17. The standard InChI is InChI=1S/C16H15BrFNO/c1-20-12-4-6-14(18)16(9-12)19-15-7-2-10-8-11(17)3-5-13(10)15/h3-6,8-9,15,19H,2,7H2,1H3. The highest BCUT2D eigenvalue weighted by atomic mass is 79.9. The van der Waals surface area contributed by atoms with E-state index in [1.165, 1.54) is 17.2 Å². The summed E-state index contributed by atoms with van der Waals surface area (Å²) >= 11 is 3.49. The minimum absolute atomic E-state index is 0.153. The van der Waals surface area contributed by atoms with Crippen molar-refractivity contribution in [3.05, 3.63) is 57.8 Å². The summed E-state index contributed by atoms with van der Waals surface area (Å²) in [7, 11) is 1.58. The molecule has 20 heavy (non-hydrogen) atoms. The van der Waals surface area contributed by atoms with Gasteiger partial charge >= 0.3 is 0 Å². The quantitative estimate of drug-likeness (QED) is 0.877. The SMILES string of the molecule is COc1ccc(F)c(NC2CCc3cc(Br)ccc32)c1. The predicted molar refractivity (Wildman–Crippen MR) is 81.8 cm³/mol. The Bertz CT molecular complexity index is 644. The van der Waals surface area contributed by atoms with Gasteiger partial charge in [0.15, 0.2) is 0 Å². The third-order valence-corrected chi connectivity index (χ3v) is 4.18. The molecule has 1 N–H and O–H groups in total. The molecule has 2 aromatic carbocycles. The van der Waals surface area contributed by atoms with E-state index in [1.807, 2.05) is 6.07 Å². The molecule has 4 heteroatoms. The van der Waals surface area contributed by atoms with Gasteiger partial charge in [0.1, 0.15) is 11.6 Å². The van der Waals surface area contributed by atoms with Crippen molar-refractivity contribution in [1.82, 2.24) is 0 Å². The maximum atomic E-state index is 13.9. The molecular weight excluding hydrogens is 321 g/mol. The van der Waals surface area contributed by atoms with Gasteiger partial charge in [-0.25, -0.2) is 4.39 Å². The number of fused-ring (bicyclic) bond motifs is 1. The molecule has 2 aromatic rings. The summed E-state index contributed by atoms with van der Waals surface area (Å²) < 4.78 is 20.1. The lowest BCUT2D eigenvalue weighted by Crippen LogP contribution is -2.08. The minimum Gasteiger partial charge on any atom is -0.497 e. The van der Waals surface area contributed by atoms with Crippen molar-refractivity contribution in [3.63, 3.8) is 0 Å². The summed E-state index contributed by atoms with van der Waals surface area (Å²) in [4.78, 5) is 0. The molecule has 0 aromatic heterocycles. The van der Waals surface area contributed by atoms with Crippen molar-refractivity contribution in [2.24, 2.45) is 0 Å². The summed E-state index contributed by atoms with van der Waals surface area (Å²) in [5, 5.41) is 3.29. The van der Waals surface area contributed by atoms with Gasteiger partial charge in [0.2, 0.25) is 0 Å². The fourth-order valence-corrected chi connectivity index (χ4v) is 3.07. The van der Waals surface area contributed by atoms with Crippen LogP contribution in [0.5, 0.6) is 5.75 Å². The molecule has 2 nitrogen and oxygen atoms in total. The Balaban J connectivity index is 1.87. The van der Waals surface area contributed by atoms with Gasteiger partial charge < -0.3 is 10.1 Å². The van der Waals surface area contributed by atoms with Crippen LogP contribution in [-0.2, 0) is 6.42 Å². The molecule has 0 bridgehead atoms. The lowest BCUT2D eigenvalue weighted by atomic mass is 10.1. The number of methoxy groups -OCH3 is 1. The van der Waals surface area contributed by atoms with Crippen molar-refractivity contribution in [3.8, 4) is 5.75 Å². The van der Waals surface area contributed by atoms with Crippen LogP contribution in [0.15, 0.2) is 40.9 Å². The van der Waals surface area contributed by atoms with Gasteiger partial charge in [0, 0.05) is 10.5 Å². The van der Waals surface area contributed by atoms with Crippen LogP contribution in [0.1, 0.15) is 23.6 Å². The number of nitrogens with one attached hydrogen (secondary N) is 1. The molecule has 3 rings (SSSR count). The van der Waals surface area contributed by atoms with Crippen LogP contribution in [-0.4, -0.2) is 7.11 Å². The van der Waals surface area contributed by atoms with Crippen LogP contribution in [0.25, 0.3) is 0 Å². The summed E-state index contributed by atoms with van der Waals surface area (Å²) in [5.41, 5.74) is 3.06. The Morgan fingerprint density at radius 1 is 1.25 bits per heavy atom. The molecule has 0 heterocycles. The van der Waals surface area contributed by atoms with Gasteiger partial charge in [-0.3, -0.25) is 0 Å². The van der Waals surface area contributed by atoms with E-state index in [1.54, 1.807) is 19.2 Å². The van der Waals surface area contributed by atoms with Crippen LogP contribution in [0.2, 0.25) is 0 Å². The summed E-state index contributed by atoms with van der Waals surface area (Å²) in [6.07, 6.45) is 1.99. The molecule has 1 unspecified atom stereocenters. The second-order valence-electron chi connectivity index (χ2n) is 4.92. The van der Waals surface area contributed by atoms with E-state index in [0.717, 1.165) is 17.3 Å². The summed E-state index contributed by atoms with van der Waals surface area (Å²) in [5.74, 6) is 0.402. The Morgan fingerprint density at radius 3 is 2.90 bits per heavy atom. The van der Waals surface area contributed by atoms with Crippen molar-refractivity contribution >= 4 is 21.6 Å². The zero-order valence-corrected chi connectivity index (χ0v) is 12.7. The van der Waals surface area contributed by atoms with Gasteiger partial charge in [0.05, 0.1) is 18.8 Å². The third-order valence-electron chi connectivity index (χ3n) is 3.69. The molecule has 1 aliphatic carbocycles. The normalized spacial score (nSPS) is 16.9. The van der Waals surface area contributed by atoms with Crippen molar-refractivity contribution in [1.29, 1.82) is 0 Å². The summed E-state index contributed by atoms with van der Waals surface area (Å²) in [6, 6.07) is 11.2.